The molecule has 3 N–H and O–H groups in total. The van der Waals surface area contributed by atoms with Crippen molar-refractivity contribution in [2.24, 2.45) is 0 Å². The van der Waals surface area contributed by atoms with E-state index in [0.717, 1.165) is 0 Å². The second-order valence-electron chi connectivity index (χ2n) is 3.54. The van der Waals surface area contributed by atoms with Crippen LogP contribution in [-0.2, 0) is 9.47 Å². The van der Waals surface area contributed by atoms with Gasteiger partial charge in [-0.2, -0.15) is 0 Å². The molecular weight excluding hydrogens is 176 g/mol. The number of aliphatic hydroxyl groups excluding tert-OH is 2. The van der Waals surface area contributed by atoms with Gasteiger partial charge >= 0.3 is 0 Å². The van der Waals surface area contributed by atoms with E-state index < -0.39 is 24.1 Å². The van der Waals surface area contributed by atoms with Crippen LogP contribution in [0, 0.1) is 0 Å². The zero-order valence-electron chi connectivity index (χ0n) is 7.38. The Morgan fingerprint density at radius 3 is 2.62 bits per heavy atom. The second kappa shape index (κ2) is 2.90. The average molecular weight is 190 g/mol. The second-order valence-corrected chi connectivity index (χ2v) is 3.54. The number of epoxide rings is 1. The normalized spacial score (nSPS) is 54.5. The van der Waals surface area contributed by atoms with Crippen molar-refractivity contribution in [3.05, 3.63) is 0 Å². The molecule has 5 heteroatoms. The lowest BCUT2D eigenvalue weighted by atomic mass is 9.97. The molecule has 2 rings (SSSR count). The number of hydrogen-bond acceptors (Lipinski definition) is 5. The van der Waals surface area contributed by atoms with E-state index in [1.807, 2.05) is 6.92 Å². The van der Waals surface area contributed by atoms with Gasteiger partial charge in [0.05, 0.1) is 12.7 Å². The van der Waals surface area contributed by atoms with Crippen LogP contribution < -0.4 is 0 Å². The summed E-state index contributed by atoms with van der Waals surface area (Å²) in [6.45, 7) is 1.59. The van der Waals surface area contributed by atoms with Crippen molar-refractivity contribution < 1.29 is 24.8 Å². The fourth-order valence-corrected chi connectivity index (χ4v) is 1.84. The minimum Gasteiger partial charge on any atom is -0.394 e. The van der Waals surface area contributed by atoms with Crippen LogP contribution in [0.1, 0.15) is 13.3 Å². The molecule has 13 heavy (non-hydrogen) atoms. The summed E-state index contributed by atoms with van der Waals surface area (Å²) in [6, 6.07) is 0. The maximum atomic E-state index is 9.66. The lowest BCUT2D eigenvalue weighted by Crippen LogP contribution is -2.53. The average Bonchev–Trinajstić information content (AvgIpc) is 2.81. The first-order valence-corrected chi connectivity index (χ1v) is 4.48. The van der Waals surface area contributed by atoms with Gasteiger partial charge in [0.15, 0.2) is 0 Å². The van der Waals surface area contributed by atoms with Gasteiger partial charge in [-0.05, 0) is 6.42 Å². The third kappa shape index (κ3) is 1.19. The lowest BCUT2D eigenvalue weighted by molar-refractivity contribution is -0.183. The molecule has 5 atom stereocenters. The van der Waals surface area contributed by atoms with Gasteiger partial charge in [-0.1, -0.05) is 6.92 Å². The van der Waals surface area contributed by atoms with Crippen LogP contribution in [0.3, 0.4) is 0 Å². The Balaban J connectivity index is 2.11. The van der Waals surface area contributed by atoms with E-state index in [-0.39, 0.29) is 12.7 Å². The highest BCUT2D eigenvalue weighted by Gasteiger charge is 2.69. The monoisotopic (exact) mass is 190 g/mol. The van der Waals surface area contributed by atoms with E-state index in [0.29, 0.717) is 6.42 Å². The molecule has 0 aromatic heterocycles. The summed E-state index contributed by atoms with van der Waals surface area (Å²) in [5.74, 6) is -1.48. The van der Waals surface area contributed by atoms with E-state index in [4.69, 9.17) is 14.6 Å². The van der Waals surface area contributed by atoms with Crippen molar-refractivity contribution in [2.75, 3.05) is 6.61 Å². The van der Waals surface area contributed by atoms with E-state index >= 15 is 0 Å². The molecule has 0 aliphatic carbocycles. The Labute approximate surface area is 75.9 Å². The topological polar surface area (TPSA) is 82.5 Å². The van der Waals surface area contributed by atoms with Gasteiger partial charge < -0.3 is 24.8 Å². The fourth-order valence-electron chi connectivity index (χ4n) is 1.84. The highest BCUT2D eigenvalue weighted by Crippen LogP contribution is 2.46. The molecule has 0 spiro atoms. The van der Waals surface area contributed by atoms with E-state index in [1.54, 1.807) is 0 Å². The molecule has 76 valence electrons. The van der Waals surface area contributed by atoms with Crippen LogP contribution in [-0.4, -0.2) is 52.1 Å². The quantitative estimate of drug-likeness (QED) is 0.467. The molecule has 2 heterocycles. The van der Waals surface area contributed by atoms with Gasteiger partial charge in [-0.25, -0.2) is 0 Å². The number of rotatable bonds is 2. The molecule has 0 aromatic carbocycles. The van der Waals surface area contributed by atoms with Crippen molar-refractivity contribution in [1.29, 1.82) is 0 Å². The first-order chi connectivity index (χ1) is 6.13. The van der Waals surface area contributed by atoms with Gasteiger partial charge in [-0.15, -0.1) is 0 Å². The van der Waals surface area contributed by atoms with Crippen LogP contribution >= 0.6 is 0 Å². The largest absolute Gasteiger partial charge is 0.394 e. The summed E-state index contributed by atoms with van der Waals surface area (Å²) in [4.78, 5) is 0. The van der Waals surface area contributed by atoms with Gasteiger partial charge in [0.1, 0.15) is 18.3 Å². The predicted octanol–water partition coefficient (Wildman–Crippen LogP) is -1.40. The number of fused-ring (bicyclic) bond motifs is 1. The van der Waals surface area contributed by atoms with Crippen LogP contribution in [0.25, 0.3) is 0 Å². The number of aliphatic hydroxyl groups is 3. The SMILES string of the molecule is CC[C@@H]1OC(CO)C(O)C2(O)OC12. The van der Waals surface area contributed by atoms with Gasteiger partial charge in [0.25, 0.3) is 0 Å². The first kappa shape index (κ1) is 9.36. The first-order valence-electron chi connectivity index (χ1n) is 4.48. The Morgan fingerprint density at radius 1 is 1.38 bits per heavy atom. The number of ether oxygens (including phenoxy) is 2. The molecule has 5 nitrogen and oxygen atoms in total. The smallest absolute Gasteiger partial charge is 0.225 e. The van der Waals surface area contributed by atoms with Crippen molar-refractivity contribution in [1.82, 2.24) is 0 Å². The lowest BCUT2D eigenvalue weighted by Gasteiger charge is -2.32. The molecule has 2 aliphatic rings. The maximum absolute atomic E-state index is 9.66. The zero-order chi connectivity index (χ0) is 9.64. The molecule has 0 saturated carbocycles. The van der Waals surface area contributed by atoms with Crippen LogP contribution in [0.4, 0.5) is 0 Å². The van der Waals surface area contributed by atoms with Crippen molar-refractivity contribution >= 4 is 0 Å². The standard InChI is InChI=1S/C8H14O5/c1-2-4-7-8(11,13-7)6(10)5(3-9)12-4/h4-7,9-11H,2-3H2,1H3/t4-,5?,6?,7?,8?/m0/s1. The van der Waals surface area contributed by atoms with Crippen LogP contribution in [0.2, 0.25) is 0 Å². The Hall–Kier alpha value is -0.200. The van der Waals surface area contributed by atoms with Crippen molar-refractivity contribution in [2.45, 2.75) is 43.5 Å². The van der Waals surface area contributed by atoms with Crippen LogP contribution in [0.5, 0.6) is 0 Å². The van der Waals surface area contributed by atoms with E-state index in [9.17, 15) is 10.2 Å². The summed E-state index contributed by atoms with van der Waals surface area (Å²) in [7, 11) is 0. The highest BCUT2D eigenvalue weighted by atomic mass is 16.8. The number of hydrogen-bond donors (Lipinski definition) is 3. The predicted molar refractivity (Wildman–Crippen MR) is 41.9 cm³/mol. The Bertz CT molecular complexity index is 209. The molecule has 0 aromatic rings. The molecule has 0 amide bonds. The third-order valence-corrected chi connectivity index (χ3v) is 2.71. The van der Waals surface area contributed by atoms with Crippen molar-refractivity contribution in [3.8, 4) is 0 Å². The van der Waals surface area contributed by atoms with Crippen LogP contribution in [0.15, 0.2) is 0 Å². The third-order valence-electron chi connectivity index (χ3n) is 2.71. The Morgan fingerprint density at radius 2 is 2.08 bits per heavy atom. The zero-order valence-corrected chi connectivity index (χ0v) is 7.38. The van der Waals surface area contributed by atoms with Gasteiger partial charge in [0, 0.05) is 0 Å². The minimum atomic E-state index is -1.48. The molecule has 2 saturated heterocycles. The summed E-state index contributed by atoms with van der Waals surface area (Å²) >= 11 is 0. The highest BCUT2D eigenvalue weighted by molar-refractivity contribution is 5.08. The molecule has 0 bridgehead atoms. The molecule has 2 aliphatic heterocycles. The van der Waals surface area contributed by atoms with E-state index in [2.05, 4.69) is 0 Å². The summed E-state index contributed by atoms with van der Waals surface area (Å²) in [5, 5.41) is 28.0. The molecular formula is C8H14O5. The molecule has 4 unspecified atom stereocenters. The summed E-state index contributed by atoms with van der Waals surface area (Å²) < 4.78 is 10.3. The maximum Gasteiger partial charge on any atom is 0.225 e. The fraction of sp³-hybridized carbons (Fsp3) is 1.00. The van der Waals surface area contributed by atoms with Gasteiger partial charge in [-0.3, -0.25) is 0 Å². The Kier molecular flexibility index (Phi) is 2.08. The van der Waals surface area contributed by atoms with Crippen molar-refractivity contribution in [3.63, 3.8) is 0 Å². The molecule has 2 fully saturated rings. The summed E-state index contributed by atoms with van der Waals surface area (Å²) in [6.07, 6.45) is -1.87. The minimum absolute atomic E-state index is 0.231. The molecule has 0 radical (unpaired) electrons. The van der Waals surface area contributed by atoms with E-state index in [1.165, 1.54) is 0 Å². The van der Waals surface area contributed by atoms with Gasteiger partial charge in [0.2, 0.25) is 5.79 Å². The summed E-state index contributed by atoms with van der Waals surface area (Å²) in [5.41, 5.74) is 0.